The van der Waals surface area contributed by atoms with Crippen LogP contribution in [0.2, 0.25) is 0 Å². The molecule has 1 aromatic heterocycles. The molecule has 34 heavy (non-hydrogen) atoms. The molecule has 1 aliphatic heterocycles. The predicted molar refractivity (Wildman–Crippen MR) is 128 cm³/mol. The molecule has 0 unspecified atom stereocenters. The van der Waals surface area contributed by atoms with E-state index in [0.717, 1.165) is 0 Å². The average molecular weight is 485 g/mol. The standard InChI is InChI=1S/C25H28N2O6S/c1-4-33-25(28)17-10-12-27(13-11-17)24-19-14-21(31-2)22(32-3)15-20(19)26-16-23(24)34(29,30)18-8-6-5-7-9-18/h5-9,14-17H,4,10-13H2,1-3H3. The van der Waals surface area contributed by atoms with E-state index >= 15 is 0 Å². The van der Waals surface area contributed by atoms with E-state index in [1.54, 1.807) is 56.5 Å². The van der Waals surface area contributed by atoms with Gasteiger partial charge in [-0.3, -0.25) is 9.78 Å². The van der Waals surface area contributed by atoms with E-state index in [4.69, 9.17) is 14.2 Å². The summed E-state index contributed by atoms with van der Waals surface area (Å²) in [6.07, 6.45) is 2.55. The van der Waals surface area contributed by atoms with E-state index < -0.39 is 9.84 Å². The highest BCUT2D eigenvalue weighted by molar-refractivity contribution is 7.91. The van der Waals surface area contributed by atoms with Crippen LogP contribution in [0.15, 0.2) is 58.5 Å². The molecular weight excluding hydrogens is 456 g/mol. The minimum Gasteiger partial charge on any atom is -0.493 e. The Balaban J connectivity index is 1.86. The fourth-order valence-electron chi connectivity index (χ4n) is 4.34. The highest BCUT2D eigenvalue weighted by Gasteiger charge is 2.32. The minimum absolute atomic E-state index is 0.119. The number of nitrogens with zero attached hydrogens (tertiary/aromatic N) is 2. The number of pyridine rings is 1. The first-order valence-electron chi connectivity index (χ1n) is 11.2. The third kappa shape index (κ3) is 4.40. The molecule has 2 aromatic carbocycles. The molecule has 2 heterocycles. The zero-order chi connectivity index (χ0) is 24.3. The number of rotatable bonds is 7. The maximum Gasteiger partial charge on any atom is 0.309 e. The predicted octanol–water partition coefficient (Wildman–Crippen LogP) is 3.86. The first-order chi connectivity index (χ1) is 16.4. The van der Waals surface area contributed by atoms with Crippen LogP contribution in [-0.2, 0) is 19.4 Å². The Morgan fingerprint density at radius 1 is 1.06 bits per heavy atom. The number of benzene rings is 2. The van der Waals surface area contributed by atoms with Crippen molar-refractivity contribution in [3.05, 3.63) is 48.7 Å². The minimum atomic E-state index is -3.85. The summed E-state index contributed by atoms with van der Waals surface area (Å²) < 4.78 is 43.5. The van der Waals surface area contributed by atoms with Crippen LogP contribution >= 0.6 is 0 Å². The maximum absolute atomic E-state index is 13.7. The quantitative estimate of drug-likeness (QED) is 0.467. The van der Waals surface area contributed by atoms with Crippen LogP contribution in [0.1, 0.15) is 19.8 Å². The zero-order valence-corrected chi connectivity index (χ0v) is 20.3. The number of ether oxygens (including phenoxy) is 3. The number of piperidine rings is 1. The molecule has 0 saturated carbocycles. The van der Waals surface area contributed by atoms with Crippen LogP contribution in [-0.4, -0.2) is 53.3 Å². The molecule has 1 fully saturated rings. The van der Waals surface area contributed by atoms with E-state index in [-0.39, 0.29) is 21.7 Å². The zero-order valence-electron chi connectivity index (χ0n) is 19.5. The molecule has 0 radical (unpaired) electrons. The van der Waals surface area contributed by atoms with Gasteiger partial charge in [0, 0.05) is 30.7 Å². The summed E-state index contributed by atoms with van der Waals surface area (Å²) >= 11 is 0. The number of anilines is 1. The van der Waals surface area contributed by atoms with Crippen LogP contribution < -0.4 is 14.4 Å². The molecule has 1 aliphatic rings. The molecule has 4 rings (SSSR count). The lowest BCUT2D eigenvalue weighted by atomic mass is 9.96. The van der Waals surface area contributed by atoms with Gasteiger partial charge in [0.05, 0.1) is 42.8 Å². The monoisotopic (exact) mass is 484 g/mol. The molecule has 9 heteroatoms. The van der Waals surface area contributed by atoms with E-state index in [1.807, 2.05) is 4.90 Å². The van der Waals surface area contributed by atoms with Crippen molar-refractivity contribution in [2.75, 3.05) is 38.8 Å². The van der Waals surface area contributed by atoms with Crippen molar-refractivity contribution in [3.63, 3.8) is 0 Å². The van der Waals surface area contributed by atoms with Crippen LogP contribution in [0, 0.1) is 5.92 Å². The molecule has 180 valence electrons. The summed E-state index contributed by atoms with van der Waals surface area (Å²) in [5.41, 5.74) is 1.14. The third-order valence-corrected chi connectivity index (χ3v) is 7.86. The van der Waals surface area contributed by atoms with Crippen LogP contribution in [0.3, 0.4) is 0 Å². The van der Waals surface area contributed by atoms with Gasteiger partial charge in [-0.15, -0.1) is 0 Å². The number of hydrogen-bond acceptors (Lipinski definition) is 8. The summed E-state index contributed by atoms with van der Waals surface area (Å²) in [4.78, 5) is 19.0. The van der Waals surface area contributed by atoms with Gasteiger partial charge in [-0.05, 0) is 38.0 Å². The number of esters is 1. The summed E-state index contributed by atoms with van der Waals surface area (Å²) in [5, 5.41) is 0.643. The Kier molecular flexibility index (Phi) is 6.92. The van der Waals surface area contributed by atoms with Crippen LogP contribution in [0.4, 0.5) is 5.69 Å². The summed E-state index contributed by atoms with van der Waals surface area (Å²) in [6, 6.07) is 11.8. The van der Waals surface area contributed by atoms with Gasteiger partial charge >= 0.3 is 5.97 Å². The van der Waals surface area contributed by atoms with E-state index in [0.29, 0.717) is 60.6 Å². The Morgan fingerprint density at radius 2 is 1.71 bits per heavy atom. The normalized spacial score (nSPS) is 14.7. The smallest absolute Gasteiger partial charge is 0.309 e. The number of aromatic nitrogens is 1. The second-order valence-corrected chi connectivity index (χ2v) is 9.94. The first-order valence-corrected chi connectivity index (χ1v) is 12.7. The van der Waals surface area contributed by atoms with E-state index in [2.05, 4.69) is 4.98 Å². The fraction of sp³-hybridized carbons (Fsp3) is 0.360. The number of carbonyl (C=O) groups excluding carboxylic acids is 1. The lowest BCUT2D eigenvalue weighted by Gasteiger charge is -2.34. The first kappa shape index (κ1) is 23.8. The van der Waals surface area contributed by atoms with Crippen molar-refractivity contribution in [1.29, 1.82) is 0 Å². The molecule has 0 amide bonds. The van der Waals surface area contributed by atoms with Crippen LogP contribution in [0.5, 0.6) is 11.5 Å². The highest BCUT2D eigenvalue weighted by atomic mass is 32.2. The highest BCUT2D eigenvalue weighted by Crippen LogP contribution is 2.41. The Labute approximate surface area is 199 Å². The Morgan fingerprint density at radius 3 is 2.32 bits per heavy atom. The number of sulfone groups is 1. The van der Waals surface area contributed by atoms with Crippen molar-refractivity contribution >= 4 is 32.4 Å². The Bertz CT molecular complexity index is 1290. The van der Waals surface area contributed by atoms with Gasteiger partial charge in [-0.1, -0.05) is 18.2 Å². The van der Waals surface area contributed by atoms with Gasteiger partial charge in [-0.25, -0.2) is 8.42 Å². The number of methoxy groups -OCH3 is 2. The largest absolute Gasteiger partial charge is 0.493 e. The van der Waals surface area contributed by atoms with Gasteiger partial charge in [-0.2, -0.15) is 0 Å². The molecule has 8 nitrogen and oxygen atoms in total. The molecular formula is C25H28N2O6S. The summed E-state index contributed by atoms with van der Waals surface area (Å²) in [6.45, 7) is 3.15. The molecule has 3 aromatic rings. The van der Waals surface area contributed by atoms with Crippen molar-refractivity contribution in [1.82, 2.24) is 4.98 Å². The average Bonchev–Trinajstić information content (AvgIpc) is 2.87. The molecule has 0 aliphatic carbocycles. The molecule has 1 saturated heterocycles. The summed E-state index contributed by atoms with van der Waals surface area (Å²) in [7, 11) is -0.777. The lowest BCUT2D eigenvalue weighted by molar-refractivity contribution is -0.148. The van der Waals surface area contributed by atoms with E-state index in [1.165, 1.54) is 13.3 Å². The van der Waals surface area contributed by atoms with Gasteiger partial charge in [0.2, 0.25) is 9.84 Å². The van der Waals surface area contributed by atoms with Gasteiger partial charge in [0.25, 0.3) is 0 Å². The SMILES string of the molecule is CCOC(=O)C1CCN(c2c(S(=O)(=O)c3ccccc3)cnc3cc(OC)c(OC)cc23)CC1. The molecule has 0 N–H and O–H groups in total. The molecule has 0 spiro atoms. The van der Waals surface area contributed by atoms with Gasteiger partial charge in [0.15, 0.2) is 11.5 Å². The van der Waals surface area contributed by atoms with Crippen molar-refractivity contribution < 1.29 is 27.4 Å². The number of carbonyl (C=O) groups is 1. The van der Waals surface area contributed by atoms with Crippen LogP contribution in [0.25, 0.3) is 10.9 Å². The molecule has 0 atom stereocenters. The summed E-state index contributed by atoms with van der Waals surface area (Å²) in [5.74, 6) is 0.584. The maximum atomic E-state index is 13.7. The topological polar surface area (TPSA) is 95.0 Å². The lowest BCUT2D eigenvalue weighted by Crippen LogP contribution is -2.37. The second-order valence-electron chi connectivity index (χ2n) is 8.03. The van der Waals surface area contributed by atoms with Crippen molar-refractivity contribution in [2.45, 2.75) is 29.6 Å². The number of hydrogen-bond donors (Lipinski definition) is 0. The third-order valence-electron chi connectivity index (χ3n) is 6.09. The van der Waals surface area contributed by atoms with E-state index in [9.17, 15) is 13.2 Å². The van der Waals surface area contributed by atoms with Crippen molar-refractivity contribution in [3.8, 4) is 11.5 Å². The molecule has 0 bridgehead atoms. The Hall–Kier alpha value is -3.33. The second kappa shape index (κ2) is 9.89. The number of fused-ring (bicyclic) bond motifs is 1. The fourth-order valence-corrected chi connectivity index (χ4v) is 5.79. The van der Waals surface area contributed by atoms with Gasteiger partial charge in [0.1, 0.15) is 4.90 Å². The van der Waals surface area contributed by atoms with Crippen molar-refractivity contribution in [2.24, 2.45) is 5.92 Å². The van der Waals surface area contributed by atoms with Gasteiger partial charge < -0.3 is 19.1 Å².